The van der Waals surface area contributed by atoms with Crippen LogP contribution in [0.25, 0.3) is 0 Å². The number of carboxylic acid groups (broad SMARTS) is 1. The predicted octanol–water partition coefficient (Wildman–Crippen LogP) is 1.99. The molecule has 16 heavy (non-hydrogen) atoms. The molecule has 0 bridgehead atoms. The van der Waals surface area contributed by atoms with Crippen molar-refractivity contribution in [3.05, 3.63) is 29.8 Å². The van der Waals surface area contributed by atoms with E-state index < -0.39 is 11.9 Å². The Morgan fingerprint density at radius 2 is 2.12 bits per heavy atom. The molecule has 0 saturated heterocycles. The molecule has 0 unspecified atom stereocenters. The maximum atomic E-state index is 11.8. The van der Waals surface area contributed by atoms with Crippen LogP contribution in [0.4, 0.5) is 0 Å². The van der Waals surface area contributed by atoms with E-state index in [-0.39, 0.29) is 12.2 Å². The molecule has 4 nitrogen and oxygen atoms in total. The SMILES string of the molecule is CC[C@@H](C(=O)O)C(=O)c1cccc(OC)c1. The van der Waals surface area contributed by atoms with E-state index in [1.807, 2.05) is 0 Å². The molecule has 0 aliphatic carbocycles. The highest BCUT2D eigenvalue weighted by Crippen LogP contribution is 2.17. The van der Waals surface area contributed by atoms with Gasteiger partial charge in [0, 0.05) is 5.56 Å². The summed E-state index contributed by atoms with van der Waals surface area (Å²) in [4.78, 5) is 22.7. The molecule has 1 atom stereocenters. The molecular weight excluding hydrogens is 208 g/mol. The van der Waals surface area contributed by atoms with E-state index in [2.05, 4.69) is 0 Å². The maximum Gasteiger partial charge on any atom is 0.314 e. The molecule has 0 heterocycles. The summed E-state index contributed by atoms with van der Waals surface area (Å²) in [6, 6.07) is 6.52. The minimum absolute atomic E-state index is 0.283. The van der Waals surface area contributed by atoms with Crippen LogP contribution < -0.4 is 4.74 Å². The van der Waals surface area contributed by atoms with Gasteiger partial charge in [0.25, 0.3) is 0 Å². The fourth-order valence-corrected chi connectivity index (χ4v) is 1.45. The molecule has 4 heteroatoms. The topological polar surface area (TPSA) is 63.6 Å². The second kappa shape index (κ2) is 5.30. The first-order chi connectivity index (χ1) is 7.60. The first-order valence-corrected chi connectivity index (χ1v) is 5.01. The van der Waals surface area contributed by atoms with Crippen LogP contribution in [0.1, 0.15) is 23.7 Å². The van der Waals surface area contributed by atoms with Gasteiger partial charge in [-0.3, -0.25) is 9.59 Å². The fraction of sp³-hybridized carbons (Fsp3) is 0.333. The largest absolute Gasteiger partial charge is 0.497 e. The number of hydrogen-bond donors (Lipinski definition) is 1. The Bertz CT molecular complexity index is 398. The van der Waals surface area contributed by atoms with E-state index in [0.717, 1.165) is 0 Å². The standard InChI is InChI=1S/C12H14O4/c1-3-10(12(14)15)11(13)8-5-4-6-9(7-8)16-2/h4-7,10H,3H2,1-2H3,(H,14,15)/t10-/m1/s1. The highest BCUT2D eigenvalue weighted by Gasteiger charge is 2.25. The van der Waals surface area contributed by atoms with Crippen molar-refractivity contribution in [2.24, 2.45) is 5.92 Å². The molecule has 0 saturated carbocycles. The minimum Gasteiger partial charge on any atom is -0.497 e. The van der Waals surface area contributed by atoms with Gasteiger partial charge in [-0.1, -0.05) is 19.1 Å². The number of carbonyl (C=O) groups is 2. The molecule has 86 valence electrons. The van der Waals surface area contributed by atoms with Crippen LogP contribution in [0.3, 0.4) is 0 Å². The summed E-state index contributed by atoms with van der Waals surface area (Å²) in [5.74, 6) is -1.90. The van der Waals surface area contributed by atoms with Crippen molar-refractivity contribution in [3.8, 4) is 5.75 Å². The summed E-state index contributed by atoms with van der Waals surface area (Å²) in [5.41, 5.74) is 0.369. The lowest BCUT2D eigenvalue weighted by atomic mass is 9.95. The third-order valence-electron chi connectivity index (χ3n) is 2.38. The number of ether oxygens (including phenoxy) is 1. The molecule has 0 aromatic heterocycles. The Labute approximate surface area is 93.9 Å². The van der Waals surface area contributed by atoms with Crippen molar-refractivity contribution in [1.29, 1.82) is 0 Å². The molecule has 1 rings (SSSR count). The predicted molar refractivity (Wildman–Crippen MR) is 58.7 cm³/mol. The molecule has 0 aliphatic heterocycles. The van der Waals surface area contributed by atoms with Crippen LogP contribution in [-0.4, -0.2) is 24.0 Å². The summed E-state index contributed by atoms with van der Waals surface area (Å²) >= 11 is 0. The number of benzene rings is 1. The lowest BCUT2D eigenvalue weighted by Crippen LogP contribution is -2.23. The number of carbonyl (C=O) groups excluding carboxylic acids is 1. The van der Waals surface area contributed by atoms with Gasteiger partial charge in [0.05, 0.1) is 7.11 Å². The second-order valence-electron chi connectivity index (χ2n) is 3.40. The van der Waals surface area contributed by atoms with Crippen molar-refractivity contribution in [2.75, 3.05) is 7.11 Å². The monoisotopic (exact) mass is 222 g/mol. The quantitative estimate of drug-likeness (QED) is 0.611. The van der Waals surface area contributed by atoms with Gasteiger partial charge < -0.3 is 9.84 Å². The number of ketones is 1. The Morgan fingerprint density at radius 3 is 2.62 bits per heavy atom. The van der Waals surface area contributed by atoms with Gasteiger partial charge in [-0.15, -0.1) is 0 Å². The number of methoxy groups -OCH3 is 1. The molecule has 1 aromatic carbocycles. The number of Topliss-reactive ketones (excluding diaryl/α,β-unsaturated/α-hetero) is 1. The molecule has 1 N–H and O–H groups in total. The van der Waals surface area contributed by atoms with Crippen molar-refractivity contribution in [1.82, 2.24) is 0 Å². The van der Waals surface area contributed by atoms with E-state index in [0.29, 0.717) is 11.3 Å². The van der Waals surface area contributed by atoms with Crippen LogP contribution >= 0.6 is 0 Å². The van der Waals surface area contributed by atoms with E-state index in [1.54, 1.807) is 31.2 Å². The van der Waals surface area contributed by atoms with Crippen LogP contribution in [-0.2, 0) is 4.79 Å². The first kappa shape index (κ1) is 12.2. The number of hydrogen-bond acceptors (Lipinski definition) is 3. The van der Waals surface area contributed by atoms with Gasteiger partial charge in [-0.05, 0) is 18.6 Å². The van der Waals surface area contributed by atoms with E-state index in [1.165, 1.54) is 7.11 Å². The molecular formula is C12H14O4. The smallest absolute Gasteiger partial charge is 0.314 e. The van der Waals surface area contributed by atoms with Crippen LogP contribution in [0.15, 0.2) is 24.3 Å². The number of aliphatic carboxylic acids is 1. The summed E-state index contributed by atoms with van der Waals surface area (Å²) in [6.07, 6.45) is 0.283. The molecule has 0 aliphatic rings. The van der Waals surface area contributed by atoms with E-state index >= 15 is 0 Å². The van der Waals surface area contributed by atoms with Gasteiger partial charge >= 0.3 is 5.97 Å². The lowest BCUT2D eigenvalue weighted by Gasteiger charge is -2.09. The lowest BCUT2D eigenvalue weighted by molar-refractivity contribution is -0.140. The van der Waals surface area contributed by atoms with Gasteiger partial charge in [0.15, 0.2) is 5.78 Å². The average Bonchev–Trinajstić information content (AvgIpc) is 2.29. The van der Waals surface area contributed by atoms with Crippen LogP contribution in [0.2, 0.25) is 0 Å². The maximum absolute atomic E-state index is 11.8. The summed E-state index contributed by atoms with van der Waals surface area (Å²) < 4.78 is 4.98. The third-order valence-corrected chi connectivity index (χ3v) is 2.38. The molecule has 0 spiro atoms. The van der Waals surface area contributed by atoms with Crippen molar-refractivity contribution in [3.63, 3.8) is 0 Å². The normalized spacial score (nSPS) is 11.9. The Kier molecular flexibility index (Phi) is 4.05. The van der Waals surface area contributed by atoms with Gasteiger partial charge in [-0.25, -0.2) is 0 Å². The summed E-state index contributed by atoms with van der Waals surface area (Å²) in [5, 5.41) is 8.88. The average molecular weight is 222 g/mol. The Balaban J connectivity index is 2.98. The van der Waals surface area contributed by atoms with Crippen molar-refractivity contribution < 1.29 is 19.4 Å². The zero-order chi connectivity index (χ0) is 12.1. The Morgan fingerprint density at radius 1 is 1.44 bits per heavy atom. The van der Waals surface area contributed by atoms with E-state index in [4.69, 9.17) is 9.84 Å². The minimum atomic E-state index is -1.09. The van der Waals surface area contributed by atoms with Crippen LogP contribution in [0.5, 0.6) is 5.75 Å². The fourth-order valence-electron chi connectivity index (χ4n) is 1.45. The highest BCUT2D eigenvalue weighted by atomic mass is 16.5. The number of rotatable bonds is 5. The van der Waals surface area contributed by atoms with Gasteiger partial charge in [-0.2, -0.15) is 0 Å². The zero-order valence-corrected chi connectivity index (χ0v) is 9.27. The summed E-state index contributed by atoms with van der Waals surface area (Å²) in [7, 11) is 1.50. The Hall–Kier alpha value is -1.84. The molecule has 0 radical (unpaired) electrons. The van der Waals surface area contributed by atoms with Crippen molar-refractivity contribution >= 4 is 11.8 Å². The van der Waals surface area contributed by atoms with Gasteiger partial charge in [0.1, 0.15) is 11.7 Å². The van der Waals surface area contributed by atoms with E-state index in [9.17, 15) is 9.59 Å². The van der Waals surface area contributed by atoms with Crippen molar-refractivity contribution in [2.45, 2.75) is 13.3 Å². The first-order valence-electron chi connectivity index (χ1n) is 5.01. The molecule has 0 fully saturated rings. The second-order valence-corrected chi connectivity index (χ2v) is 3.40. The number of carboxylic acids is 1. The zero-order valence-electron chi connectivity index (χ0n) is 9.27. The molecule has 0 amide bonds. The highest BCUT2D eigenvalue weighted by molar-refractivity contribution is 6.08. The molecule has 1 aromatic rings. The van der Waals surface area contributed by atoms with Crippen LogP contribution in [0, 0.1) is 5.92 Å². The summed E-state index contributed by atoms with van der Waals surface area (Å²) in [6.45, 7) is 1.68. The third kappa shape index (κ3) is 2.59. The van der Waals surface area contributed by atoms with Gasteiger partial charge in [0.2, 0.25) is 0 Å².